The normalized spacial score (nSPS) is 16.9. The summed E-state index contributed by atoms with van der Waals surface area (Å²) in [6.45, 7) is 5.63. The molecule has 0 spiro atoms. The lowest BCUT2D eigenvalue weighted by Gasteiger charge is -2.25. The Labute approximate surface area is 123 Å². The number of hydrogen-bond acceptors (Lipinski definition) is 4. The number of carboxylic acids is 1. The molecule has 1 aliphatic heterocycles. The van der Waals surface area contributed by atoms with Gasteiger partial charge in [-0.05, 0) is 44.4 Å². The number of carboxylic acid groups (broad SMARTS) is 1. The Bertz CT molecular complexity index is 727. The van der Waals surface area contributed by atoms with E-state index in [1.54, 1.807) is 13.8 Å². The smallest absolute Gasteiger partial charge is 0.339 e. The number of aromatic nitrogens is 2. The molecule has 2 aromatic rings. The van der Waals surface area contributed by atoms with Crippen LogP contribution in [0.15, 0.2) is 24.3 Å². The zero-order valence-electron chi connectivity index (χ0n) is 12.3. The van der Waals surface area contributed by atoms with Gasteiger partial charge in [0.15, 0.2) is 5.82 Å². The highest BCUT2D eigenvalue weighted by Crippen LogP contribution is 2.39. The molecule has 108 valence electrons. The average molecular weight is 283 g/mol. The molecule has 0 saturated carbocycles. The van der Waals surface area contributed by atoms with E-state index in [1.165, 1.54) is 5.56 Å². The first kappa shape index (κ1) is 13.5. The number of carbonyl (C=O) groups is 1. The Kier molecular flexibility index (Phi) is 3.12. The van der Waals surface area contributed by atoms with E-state index in [9.17, 15) is 9.90 Å². The van der Waals surface area contributed by atoms with Crippen molar-refractivity contribution in [3.05, 3.63) is 46.6 Å². The minimum Gasteiger partial charge on any atom is -0.478 e. The molecule has 1 N–H and O–H groups in total. The third-order valence-electron chi connectivity index (χ3n) is 4.09. The van der Waals surface area contributed by atoms with Crippen molar-refractivity contribution in [2.45, 2.75) is 33.2 Å². The van der Waals surface area contributed by atoms with Crippen LogP contribution >= 0.6 is 0 Å². The van der Waals surface area contributed by atoms with Gasteiger partial charge in [-0.3, -0.25) is 0 Å². The number of para-hydroxylation sites is 1. The largest absolute Gasteiger partial charge is 0.478 e. The summed E-state index contributed by atoms with van der Waals surface area (Å²) in [7, 11) is 0. The lowest BCUT2D eigenvalue weighted by molar-refractivity contribution is 0.0696. The molecular weight excluding hydrogens is 266 g/mol. The highest BCUT2D eigenvalue weighted by molar-refractivity contribution is 5.96. The van der Waals surface area contributed by atoms with Gasteiger partial charge in [-0.15, -0.1) is 5.10 Å². The fourth-order valence-corrected chi connectivity index (χ4v) is 2.91. The van der Waals surface area contributed by atoms with Gasteiger partial charge < -0.3 is 10.0 Å². The van der Waals surface area contributed by atoms with Crippen LogP contribution in [0.25, 0.3) is 0 Å². The number of rotatable bonds is 2. The van der Waals surface area contributed by atoms with Crippen molar-refractivity contribution in [2.24, 2.45) is 0 Å². The Morgan fingerprint density at radius 2 is 2.00 bits per heavy atom. The Morgan fingerprint density at radius 1 is 1.29 bits per heavy atom. The van der Waals surface area contributed by atoms with Gasteiger partial charge in [0.2, 0.25) is 0 Å². The molecule has 0 fully saturated rings. The molecule has 2 heterocycles. The van der Waals surface area contributed by atoms with E-state index >= 15 is 0 Å². The molecule has 3 rings (SSSR count). The van der Waals surface area contributed by atoms with E-state index in [2.05, 4.69) is 23.2 Å². The van der Waals surface area contributed by atoms with Crippen LogP contribution in [0.2, 0.25) is 0 Å². The minimum absolute atomic E-state index is 0.164. The number of hydrogen-bond donors (Lipinski definition) is 1. The maximum absolute atomic E-state index is 11.7. The zero-order chi connectivity index (χ0) is 15.1. The van der Waals surface area contributed by atoms with Crippen LogP contribution in [0.1, 0.15) is 34.1 Å². The lowest BCUT2D eigenvalue weighted by atomic mass is 10.1. The van der Waals surface area contributed by atoms with Crippen molar-refractivity contribution >= 4 is 17.5 Å². The van der Waals surface area contributed by atoms with Gasteiger partial charge in [0.05, 0.1) is 5.69 Å². The van der Waals surface area contributed by atoms with Gasteiger partial charge in [0.1, 0.15) is 5.56 Å². The average Bonchev–Trinajstić information content (AvgIpc) is 2.77. The van der Waals surface area contributed by atoms with E-state index < -0.39 is 5.97 Å². The summed E-state index contributed by atoms with van der Waals surface area (Å²) < 4.78 is 0. The van der Waals surface area contributed by atoms with Crippen molar-refractivity contribution in [3.8, 4) is 0 Å². The minimum atomic E-state index is -0.961. The number of anilines is 2. The second-order valence-corrected chi connectivity index (χ2v) is 5.47. The van der Waals surface area contributed by atoms with Crippen LogP contribution in [0.5, 0.6) is 0 Å². The summed E-state index contributed by atoms with van der Waals surface area (Å²) >= 11 is 0. The molecule has 0 saturated heterocycles. The summed E-state index contributed by atoms with van der Waals surface area (Å²) in [5.74, 6) is -0.528. The Balaban J connectivity index is 2.22. The van der Waals surface area contributed by atoms with E-state index in [4.69, 9.17) is 0 Å². The standard InChI is InChI=1S/C16H17N3O2/c1-9-8-12-6-4-5-7-13(12)19(9)15-14(16(20)21)10(2)11(3)17-18-15/h4-7,9H,8H2,1-3H3,(H,20,21). The molecule has 21 heavy (non-hydrogen) atoms. The van der Waals surface area contributed by atoms with Crippen molar-refractivity contribution < 1.29 is 9.90 Å². The monoisotopic (exact) mass is 283 g/mol. The van der Waals surface area contributed by atoms with Gasteiger partial charge in [-0.1, -0.05) is 18.2 Å². The first-order chi connectivity index (χ1) is 10.0. The zero-order valence-corrected chi connectivity index (χ0v) is 12.3. The summed E-state index contributed by atoms with van der Waals surface area (Å²) in [5, 5.41) is 17.9. The second kappa shape index (κ2) is 4.84. The predicted molar refractivity (Wildman–Crippen MR) is 80.2 cm³/mol. The molecule has 1 atom stereocenters. The van der Waals surface area contributed by atoms with Crippen molar-refractivity contribution in [2.75, 3.05) is 4.90 Å². The summed E-state index contributed by atoms with van der Waals surface area (Å²) in [6, 6.07) is 8.19. The fourth-order valence-electron chi connectivity index (χ4n) is 2.91. The van der Waals surface area contributed by atoms with Gasteiger partial charge >= 0.3 is 5.97 Å². The number of aryl methyl sites for hydroxylation is 1. The van der Waals surface area contributed by atoms with E-state index in [1.807, 2.05) is 23.1 Å². The van der Waals surface area contributed by atoms with Crippen LogP contribution < -0.4 is 4.90 Å². The van der Waals surface area contributed by atoms with Crippen LogP contribution in [-0.2, 0) is 6.42 Å². The number of aromatic carboxylic acids is 1. The first-order valence-electron chi connectivity index (χ1n) is 6.95. The molecule has 5 heteroatoms. The number of benzene rings is 1. The third-order valence-corrected chi connectivity index (χ3v) is 4.09. The Morgan fingerprint density at radius 3 is 2.71 bits per heavy atom. The van der Waals surface area contributed by atoms with Crippen LogP contribution in [0, 0.1) is 13.8 Å². The molecule has 1 aliphatic rings. The maximum Gasteiger partial charge on any atom is 0.339 e. The van der Waals surface area contributed by atoms with E-state index in [0.717, 1.165) is 12.1 Å². The molecule has 1 unspecified atom stereocenters. The highest BCUT2D eigenvalue weighted by atomic mass is 16.4. The molecule has 0 bridgehead atoms. The topological polar surface area (TPSA) is 66.3 Å². The van der Waals surface area contributed by atoms with E-state index in [0.29, 0.717) is 17.1 Å². The molecule has 0 radical (unpaired) electrons. The molecule has 0 aliphatic carbocycles. The quantitative estimate of drug-likeness (QED) is 0.918. The maximum atomic E-state index is 11.7. The molecule has 5 nitrogen and oxygen atoms in total. The molecule has 1 aromatic heterocycles. The number of nitrogens with zero attached hydrogens (tertiary/aromatic N) is 3. The second-order valence-electron chi connectivity index (χ2n) is 5.47. The van der Waals surface area contributed by atoms with Gasteiger partial charge in [0, 0.05) is 11.7 Å². The highest BCUT2D eigenvalue weighted by Gasteiger charge is 2.32. The molecule has 0 amide bonds. The Hall–Kier alpha value is -2.43. The first-order valence-corrected chi connectivity index (χ1v) is 6.95. The lowest BCUT2D eigenvalue weighted by Crippen LogP contribution is -2.28. The summed E-state index contributed by atoms with van der Waals surface area (Å²) in [4.78, 5) is 13.7. The predicted octanol–water partition coefficient (Wildman–Crippen LogP) is 2.87. The third kappa shape index (κ3) is 2.05. The van der Waals surface area contributed by atoms with E-state index in [-0.39, 0.29) is 11.6 Å². The van der Waals surface area contributed by atoms with Crippen molar-refractivity contribution in [1.82, 2.24) is 10.2 Å². The van der Waals surface area contributed by atoms with Gasteiger partial charge in [-0.25, -0.2) is 4.79 Å². The van der Waals surface area contributed by atoms with Crippen molar-refractivity contribution in [3.63, 3.8) is 0 Å². The van der Waals surface area contributed by atoms with Crippen LogP contribution in [0.4, 0.5) is 11.5 Å². The molecular formula is C16H17N3O2. The van der Waals surface area contributed by atoms with Gasteiger partial charge in [-0.2, -0.15) is 5.10 Å². The number of fused-ring (bicyclic) bond motifs is 1. The fraction of sp³-hybridized carbons (Fsp3) is 0.312. The molecule has 1 aromatic carbocycles. The van der Waals surface area contributed by atoms with Crippen LogP contribution in [-0.4, -0.2) is 27.3 Å². The van der Waals surface area contributed by atoms with Crippen molar-refractivity contribution in [1.29, 1.82) is 0 Å². The van der Waals surface area contributed by atoms with Crippen LogP contribution in [0.3, 0.4) is 0 Å². The summed E-state index contributed by atoms with van der Waals surface area (Å²) in [5.41, 5.74) is 3.79. The SMILES string of the molecule is Cc1nnc(N2c3ccccc3CC2C)c(C(=O)O)c1C. The van der Waals surface area contributed by atoms with Gasteiger partial charge in [0.25, 0.3) is 0 Å². The summed E-state index contributed by atoms with van der Waals surface area (Å²) in [6.07, 6.45) is 0.879.